The van der Waals surface area contributed by atoms with Crippen LogP contribution >= 0.6 is 27.5 Å². The molecule has 3 aromatic rings. The molecule has 1 aliphatic heterocycles. The maximum Gasteiger partial charge on any atom is 0.288 e. The van der Waals surface area contributed by atoms with Crippen molar-refractivity contribution in [2.24, 2.45) is 5.10 Å². The monoisotopic (exact) mass is 483 g/mol. The largest absolute Gasteiger partial charge is 0.288 e. The molecule has 8 heteroatoms. The van der Waals surface area contributed by atoms with Gasteiger partial charge in [-0.2, -0.15) is 5.10 Å². The van der Waals surface area contributed by atoms with Gasteiger partial charge in [-0.05, 0) is 35.4 Å². The van der Waals surface area contributed by atoms with Crippen molar-refractivity contribution in [3.05, 3.63) is 109 Å². The molecule has 1 aliphatic rings. The quantitative estimate of drug-likeness (QED) is 0.336. The van der Waals surface area contributed by atoms with Gasteiger partial charge >= 0.3 is 0 Å². The van der Waals surface area contributed by atoms with Crippen LogP contribution in [0.1, 0.15) is 33.9 Å². The minimum absolute atomic E-state index is 0.0177. The Morgan fingerprint density at radius 2 is 1.80 bits per heavy atom. The fraction of sp³-hybridized carbons (Fsp3) is 0.0909. The summed E-state index contributed by atoms with van der Waals surface area (Å²) in [5.41, 5.74) is 2.47. The van der Waals surface area contributed by atoms with E-state index in [0.29, 0.717) is 6.42 Å². The molecule has 0 bridgehead atoms. The van der Waals surface area contributed by atoms with Crippen LogP contribution < -0.4 is 0 Å². The van der Waals surface area contributed by atoms with E-state index in [2.05, 4.69) is 21.0 Å². The summed E-state index contributed by atoms with van der Waals surface area (Å²) in [6, 6.07) is 21.0. The first kappa shape index (κ1) is 20.3. The molecular formula is C22H15BrClN3O3. The van der Waals surface area contributed by atoms with Crippen LogP contribution in [-0.4, -0.2) is 21.6 Å². The van der Waals surface area contributed by atoms with Gasteiger partial charge in [0.15, 0.2) is 0 Å². The highest BCUT2D eigenvalue weighted by Crippen LogP contribution is 2.35. The third kappa shape index (κ3) is 3.99. The molecule has 0 spiro atoms. The molecule has 1 amide bonds. The van der Waals surface area contributed by atoms with Crippen LogP contribution in [0.2, 0.25) is 5.02 Å². The molecule has 0 aromatic heterocycles. The molecule has 1 heterocycles. The molecule has 6 nitrogen and oxygen atoms in total. The number of halogens is 2. The minimum atomic E-state index is -0.603. The fourth-order valence-corrected chi connectivity index (χ4v) is 3.82. The van der Waals surface area contributed by atoms with Crippen LogP contribution in [0.5, 0.6) is 0 Å². The molecule has 150 valence electrons. The summed E-state index contributed by atoms with van der Waals surface area (Å²) in [7, 11) is 0. The van der Waals surface area contributed by atoms with E-state index >= 15 is 0 Å². The smallest absolute Gasteiger partial charge is 0.267 e. The topological polar surface area (TPSA) is 75.8 Å². The highest BCUT2D eigenvalue weighted by Gasteiger charge is 2.34. The summed E-state index contributed by atoms with van der Waals surface area (Å²) >= 11 is 9.33. The van der Waals surface area contributed by atoms with Crippen molar-refractivity contribution in [2.45, 2.75) is 12.5 Å². The number of nitro groups is 1. The molecule has 0 aliphatic carbocycles. The van der Waals surface area contributed by atoms with Crippen LogP contribution in [-0.2, 0) is 0 Å². The first-order chi connectivity index (χ1) is 14.4. The van der Waals surface area contributed by atoms with Gasteiger partial charge in [0.1, 0.15) is 5.02 Å². The SMILES string of the molecule is O=C(c1ccc(Cl)c([N+](=O)[O-])c1)N1N=C(c2ccccc2)CC1c1ccc(Br)cc1. The third-order valence-corrected chi connectivity index (χ3v) is 5.72. The number of carbonyl (C=O) groups excluding carboxylic acids is 1. The van der Waals surface area contributed by atoms with Gasteiger partial charge in [0, 0.05) is 22.5 Å². The Hall–Kier alpha value is -3.03. The van der Waals surface area contributed by atoms with Crippen molar-refractivity contribution in [2.75, 3.05) is 0 Å². The maximum absolute atomic E-state index is 13.3. The molecule has 0 N–H and O–H groups in total. The zero-order valence-electron chi connectivity index (χ0n) is 15.5. The predicted molar refractivity (Wildman–Crippen MR) is 119 cm³/mol. The van der Waals surface area contributed by atoms with Gasteiger partial charge in [0.05, 0.1) is 16.7 Å². The average molecular weight is 485 g/mol. The van der Waals surface area contributed by atoms with Gasteiger partial charge in [0.25, 0.3) is 11.6 Å². The van der Waals surface area contributed by atoms with E-state index in [1.54, 1.807) is 0 Å². The molecule has 0 radical (unpaired) electrons. The lowest BCUT2D eigenvalue weighted by molar-refractivity contribution is -0.384. The Balaban J connectivity index is 1.75. The van der Waals surface area contributed by atoms with Gasteiger partial charge in [-0.15, -0.1) is 0 Å². The lowest BCUT2D eigenvalue weighted by Crippen LogP contribution is -2.27. The van der Waals surface area contributed by atoms with Crippen LogP contribution in [0.15, 0.2) is 82.4 Å². The zero-order chi connectivity index (χ0) is 21.3. The molecule has 3 aromatic carbocycles. The van der Waals surface area contributed by atoms with Crippen molar-refractivity contribution >= 4 is 44.8 Å². The highest BCUT2D eigenvalue weighted by atomic mass is 79.9. The number of carbonyl (C=O) groups is 1. The van der Waals surface area contributed by atoms with Crippen LogP contribution in [0.4, 0.5) is 5.69 Å². The number of nitro benzene ring substituents is 1. The third-order valence-electron chi connectivity index (χ3n) is 4.87. The normalized spacial score (nSPS) is 15.7. The Kier molecular flexibility index (Phi) is 5.65. The van der Waals surface area contributed by atoms with E-state index in [0.717, 1.165) is 21.3 Å². The van der Waals surface area contributed by atoms with E-state index in [4.69, 9.17) is 11.6 Å². The Labute approximate surface area is 186 Å². The summed E-state index contributed by atoms with van der Waals surface area (Å²) in [5.74, 6) is -0.423. The zero-order valence-corrected chi connectivity index (χ0v) is 17.9. The van der Waals surface area contributed by atoms with Gasteiger partial charge < -0.3 is 0 Å². The van der Waals surface area contributed by atoms with Crippen LogP contribution in [0.3, 0.4) is 0 Å². The van der Waals surface area contributed by atoms with Gasteiger partial charge in [0.2, 0.25) is 0 Å². The second-order valence-electron chi connectivity index (χ2n) is 6.76. The van der Waals surface area contributed by atoms with Crippen LogP contribution in [0.25, 0.3) is 0 Å². The van der Waals surface area contributed by atoms with Crippen molar-refractivity contribution in [1.29, 1.82) is 0 Å². The summed E-state index contributed by atoms with van der Waals surface area (Å²) in [6.07, 6.45) is 0.535. The number of hydrogen-bond donors (Lipinski definition) is 0. The number of nitrogens with zero attached hydrogens (tertiary/aromatic N) is 3. The van der Waals surface area contributed by atoms with E-state index < -0.39 is 10.8 Å². The lowest BCUT2D eigenvalue weighted by atomic mass is 9.98. The van der Waals surface area contributed by atoms with E-state index in [-0.39, 0.29) is 22.3 Å². The number of amides is 1. The summed E-state index contributed by atoms with van der Waals surface area (Å²) in [5, 5.41) is 17.2. The first-order valence-electron chi connectivity index (χ1n) is 9.10. The molecule has 30 heavy (non-hydrogen) atoms. The molecule has 0 saturated carbocycles. The Morgan fingerprint density at radius 1 is 1.10 bits per heavy atom. The first-order valence-corrected chi connectivity index (χ1v) is 10.3. The summed E-state index contributed by atoms with van der Waals surface area (Å²) in [6.45, 7) is 0. The van der Waals surface area contributed by atoms with Crippen molar-refractivity contribution < 1.29 is 9.72 Å². The second-order valence-corrected chi connectivity index (χ2v) is 8.08. The number of hydrazone groups is 1. The molecular weight excluding hydrogens is 470 g/mol. The molecule has 0 fully saturated rings. The highest BCUT2D eigenvalue weighted by molar-refractivity contribution is 9.10. The minimum Gasteiger partial charge on any atom is -0.267 e. The Morgan fingerprint density at radius 3 is 2.47 bits per heavy atom. The van der Waals surface area contributed by atoms with Crippen LogP contribution in [0, 0.1) is 10.1 Å². The van der Waals surface area contributed by atoms with Gasteiger partial charge in [-0.1, -0.05) is 70.0 Å². The summed E-state index contributed by atoms with van der Waals surface area (Å²) < 4.78 is 0.930. The number of hydrogen-bond acceptors (Lipinski definition) is 4. The standard InChI is InChI=1S/C22H15BrClN3O3/c23-17-9-6-15(7-10-17)20-13-19(14-4-2-1-3-5-14)25-26(20)22(28)16-8-11-18(24)21(12-16)27(29)30/h1-12,20H,13H2. The van der Waals surface area contributed by atoms with Crippen molar-refractivity contribution in [3.63, 3.8) is 0 Å². The summed E-state index contributed by atoms with van der Waals surface area (Å²) in [4.78, 5) is 23.9. The second kappa shape index (κ2) is 8.38. The molecule has 1 atom stereocenters. The number of rotatable bonds is 4. The average Bonchev–Trinajstić information content (AvgIpc) is 3.20. The van der Waals surface area contributed by atoms with E-state index in [1.807, 2.05) is 54.6 Å². The van der Waals surface area contributed by atoms with Gasteiger partial charge in [-0.3, -0.25) is 14.9 Å². The van der Waals surface area contributed by atoms with Gasteiger partial charge in [-0.25, -0.2) is 5.01 Å². The lowest BCUT2D eigenvalue weighted by Gasteiger charge is -2.22. The fourth-order valence-electron chi connectivity index (χ4n) is 3.37. The molecule has 0 saturated heterocycles. The number of benzene rings is 3. The molecule has 4 rings (SSSR count). The van der Waals surface area contributed by atoms with E-state index in [1.165, 1.54) is 23.2 Å². The van der Waals surface area contributed by atoms with Crippen molar-refractivity contribution in [3.8, 4) is 0 Å². The van der Waals surface area contributed by atoms with E-state index in [9.17, 15) is 14.9 Å². The maximum atomic E-state index is 13.3. The predicted octanol–water partition coefficient (Wildman–Crippen LogP) is 6.00. The molecule has 1 unspecified atom stereocenters. The van der Waals surface area contributed by atoms with Crippen molar-refractivity contribution in [1.82, 2.24) is 5.01 Å². The Bertz CT molecular complexity index is 1150.